The number of hydrazine groups is 1. The van der Waals surface area contributed by atoms with E-state index in [1.165, 1.54) is 22.8 Å². The van der Waals surface area contributed by atoms with Gasteiger partial charge in [-0.15, -0.1) is 0 Å². The highest BCUT2D eigenvalue weighted by Crippen LogP contribution is 2.35. The van der Waals surface area contributed by atoms with Crippen LogP contribution >= 0.6 is 11.8 Å². The molecule has 4 aromatic rings. The molecule has 6 heteroatoms. The van der Waals surface area contributed by atoms with Crippen molar-refractivity contribution in [1.29, 1.82) is 0 Å². The summed E-state index contributed by atoms with van der Waals surface area (Å²) in [4.78, 5) is 26.1. The third kappa shape index (κ3) is 3.38. The number of hydrogen-bond donors (Lipinski definition) is 1. The molecular formula is C24H16N2O3S. The summed E-state index contributed by atoms with van der Waals surface area (Å²) in [7, 11) is 0. The van der Waals surface area contributed by atoms with E-state index in [2.05, 4.69) is 23.6 Å². The van der Waals surface area contributed by atoms with Crippen LogP contribution in [0.15, 0.2) is 105 Å². The average Bonchev–Trinajstić information content (AvgIpc) is 3.34. The lowest BCUT2D eigenvalue weighted by atomic mass is 10.1. The maximum atomic E-state index is 12.7. The second-order valence-corrected chi connectivity index (χ2v) is 7.76. The van der Waals surface area contributed by atoms with Crippen molar-refractivity contribution in [2.24, 2.45) is 0 Å². The summed E-state index contributed by atoms with van der Waals surface area (Å²) in [5.41, 5.74) is 3.23. The number of para-hydroxylation sites is 1. The maximum Gasteiger partial charge on any atom is 0.282 e. The van der Waals surface area contributed by atoms with Crippen LogP contribution in [0, 0.1) is 0 Å². The largest absolute Gasteiger partial charge is 0.450 e. The van der Waals surface area contributed by atoms with Gasteiger partial charge in [-0.2, -0.15) is 0 Å². The van der Waals surface area contributed by atoms with Crippen molar-refractivity contribution in [3.63, 3.8) is 0 Å². The molecule has 0 radical (unpaired) electrons. The van der Waals surface area contributed by atoms with Crippen LogP contribution in [-0.2, 0) is 9.59 Å². The number of furan rings is 1. The van der Waals surface area contributed by atoms with E-state index < -0.39 is 11.8 Å². The number of anilines is 1. The summed E-state index contributed by atoms with van der Waals surface area (Å²) in [6, 6.07) is 26.8. The zero-order chi connectivity index (χ0) is 20.5. The van der Waals surface area contributed by atoms with Crippen molar-refractivity contribution in [1.82, 2.24) is 5.43 Å². The number of nitrogens with one attached hydrogen (secondary N) is 1. The van der Waals surface area contributed by atoms with Gasteiger partial charge in [-0.3, -0.25) is 15.0 Å². The predicted octanol–water partition coefficient (Wildman–Crippen LogP) is 5.05. The standard InChI is InChI=1S/C24H16N2O3S/c27-23-20(24(28)26(25-23)17-9-2-1-3-10-17)15-18-13-14-22(29-18)30-21-12-6-8-16-7-4-5-11-19(16)21/h1-15H,(H,25,27). The number of nitrogens with zero attached hydrogens (tertiary/aromatic N) is 1. The van der Waals surface area contributed by atoms with E-state index in [1.54, 1.807) is 30.3 Å². The van der Waals surface area contributed by atoms with E-state index >= 15 is 0 Å². The zero-order valence-corrected chi connectivity index (χ0v) is 16.6. The molecule has 0 spiro atoms. The molecule has 5 nitrogen and oxygen atoms in total. The van der Waals surface area contributed by atoms with E-state index in [1.807, 2.05) is 36.4 Å². The van der Waals surface area contributed by atoms with Crippen LogP contribution in [0.25, 0.3) is 16.8 Å². The molecule has 2 amide bonds. The van der Waals surface area contributed by atoms with Crippen LogP contribution in [0.4, 0.5) is 5.69 Å². The SMILES string of the molecule is O=C1NN(c2ccccc2)C(=O)C1=Cc1ccc(Sc2cccc3ccccc23)o1. The number of rotatable bonds is 4. The molecule has 0 atom stereocenters. The lowest BCUT2D eigenvalue weighted by Gasteiger charge is -2.13. The molecule has 30 heavy (non-hydrogen) atoms. The van der Waals surface area contributed by atoms with Crippen LogP contribution in [-0.4, -0.2) is 11.8 Å². The van der Waals surface area contributed by atoms with E-state index in [4.69, 9.17) is 4.42 Å². The Labute approximate surface area is 177 Å². The first-order valence-corrected chi connectivity index (χ1v) is 10.2. The first-order chi connectivity index (χ1) is 14.7. The molecule has 0 saturated carbocycles. The molecule has 2 heterocycles. The van der Waals surface area contributed by atoms with Gasteiger partial charge in [-0.05, 0) is 47.2 Å². The summed E-state index contributed by atoms with van der Waals surface area (Å²) >= 11 is 1.50. The number of fused-ring (bicyclic) bond motifs is 1. The molecule has 1 saturated heterocycles. The number of hydrogen-bond acceptors (Lipinski definition) is 4. The van der Waals surface area contributed by atoms with Gasteiger partial charge in [0.15, 0.2) is 5.09 Å². The van der Waals surface area contributed by atoms with E-state index in [9.17, 15) is 9.59 Å². The minimum Gasteiger partial charge on any atom is -0.450 e. The maximum absolute atomic E-state index is 12.7. The van der Waals surface area contributed by atoms with Crippen molar-refractivity contribution in [2.75, 3.05) is 5.01 Å². The fraction of sp³-hybridized carbons (Fsp3) is 0. The van der Waals surface area contributed by atoms with Crippen LogP contribution in [0.2, 0.25) is 0 Å². The molecule has 0 unspecified atom stereocenters. The van der Waals surface area contributed by atoms with Crippen LogP contribution in [0.1, 0.15) is 5.76 Å². The zero-order valence-electron chi connectivity index (χ0n) is 15.7. The molecule has 0 bridgehead atoms. The van der Waals surface area contributed by atoms with Crippen molar-refractivity contribution < 1.29 is 14.0 Å². The molecule has 1 aliphatic rings. The molecule has 1 fully saturated rings. The first kappa shape index (κ1) is 18.3. The topological polar surface area (TPSA) is 62.6 Å². The molecular weight excluding hydrogens is 396 g/mol. The van der Waals surface area contributed by atoms with E-state index in [0.29, 0.717) is 16.5 Å². The van der Waals surface area contributed by atoms with Gasteiger partial charge < -0.3 is 4.42 Å². The Hall–Kier alpha value is -3.77. The van der Waals surface area contributed by atoms with Crippen molar-refractivity contribution in [3.05, 3.63) is 96.3 Å². The van der Waals surface area contributed by atoms with Gasteiger partial charge in [-0.1, -0.05) is 66.4 Å². The van der Waals surface area contributed by atoms with Crippen molar-refractivity contribution in [2.45, 2.75) is 9.99 Å². The fourth-order valence-corrected chi connectivity index (χ4v) is 4.25. The lowest BCUT2D eigenvalue weighted by molar-refractivity contribution is -0.117. The van der Waals surface area contributed by atoms with Crippen LogP contribution in [0.3, 0.4) is 0 Å². The van der Waals surface area contributed by atoms with Gasteiger partial charge in [0.2, 0.25) is 0 Å². The highest BCUT2D eigenvalue weighted by molar-refractivity contribution is 7.99. The van der Waals surface area contributed by atoms with E-state index in [0.717, 1.165) is 15.7 Å². The Morgan fingerprint density at radius 1 is 0.833 bits per heavy atom. The summed E-state index contributed by atoms with van der Waals surface area (Å²) < 4.78 is 5.87. The lowest BCUT2D eigenvalue weighted by Crippen LogP contribution is -2.35. The summed E-state index contributed by atoms with van der Waals surface area (Å²) in [5, 5.41) is 4.22. The second kappa shape index (κ2) is 7.57. The smallest absolute Gasteiger partial charge is 0.282 e. The minimum atomic E-state index is -0.455. The van der Waals surface area contributed by atoms with Gasteiger partial charge >= 0.3 is 0 Å². The van der Waals surface area contributed by atoms with Gasteiger partial charge in [-0.25, -0.2) is 5.01 Å². The predicted molar refractivity (Wildman–Crippen MR) is 117 cm³/mol. The van der Waals surface area contributed by atoms with Crippen molar-refractivity contribution >= 4 is 46.1 Å². The Morgan fingerprint density at radius 3 is 2.47 bits per heavy atom. The quantitative estimate of drug-likeness (QED) is 0.377. The molecule has 1 aromatic heterocycles. The third-order valence-electron chi connectivity index (χ3n) is 4.75. The fourth-order valence-electron chi connectivity index (χ4n) is 3.32. The molecule has 1 N–H and O–H groups in total. The van der Waals surface area contributed by atoms with E-state index in [-0.39, 0.29) is 5.57 Å². The number of carbonyl (C=O) groups is 2. The summed E-state index contributed by atoms with van der Waals surface area (Å²) in [6.45, 7) is 0. The Morgan fingerprint density at radius 2 is 1.60 bits per heavy atom. The van der Waals surface area contributed by atoms with Crippen molar-refractivity contribution in [3.8, 4) is 0 Å². The minimum absolute atomic E-state index is 0.0370. The number of amides is 2. The average molecular weight is 412 g/mol. The third-order valence-corrected chi connectivity index (χ3v) is 5.75. The van der Waals surface area contributed by atoms with Gasteiger partial charge in [0.1, 0.15) is 11.3 Å². The first-order valence-electron chi connectivity index (χ1n) is 9.37. The highest BCUT2D eigenvalue weighted by atomic mass is 32.2. The van der Waals surface area contributed by atoms with Gasteiger partial charge in [0, 0.05) is 4.90 Å². The Kier molecular flexibility index (Phi) is 4.61. The Bertz CT molecular complexity index is 1290. The van der Waals surface area contributed by atoms with Crippen LogP contribution in [0.5, 0.6) is 0 Å². The number of carbonyl (C=O) groups excluding carboxylic acids is 2. The molecule has 5 rings (SSSR count). The monoisotopic (exact) mass is 412 g/mol. The second-order valence-electron chi connectivity index (χ2n) is 6.71. The Balaban J connectivity index is 1.40. The van der Waals surface area contributed by atoms with Gasteiger partial charge in [0.25, 0.3) is 11.8 Å². The highest BCUT2D eigenvalue weighted by Gasteiger charge is 2.34. The molecule has 146 valence electrons. The number of benzene rings is 3. The molecule has 0 aliphatic carbocycles. The van der Waals surface area contributed by atoms with Gasteiger partial charge in [0.05, 0.1) is 5.69 Å². The van der Waals surface area contributed by atoms with Crippen LogP contribution < -0.4 is 10.4 Å². The summed E-state index contributed by atoms with van der Waals surface area (Å²) in [6.07, 6.45) is 1.48. The molecule has 3 aromatic carbocycles. The normalized spacial score (nSPS) is 15.2. The summed E-state index contributed by atoms with van der Waals surface area (Å²) in [5.74, 6) is -0.416. The molecule has 1 aliphatic heterocycles.